The fourth-order valence-electron chi connectivity index (χ4n) is 5.82. The third-order valence-corrected chi connectivity index (χ3v) is 8.18. The number of esters is 1. The van der Waals surface area contributed by atoms with Crippen LogP contribution in [0.3, 0.4) is 0 Å². The van der Waals surface area contributed by atoms with Crippen molar-refractivity contribution in [2.45, 2.75) is 89.2 Å². The van der Waals surface area contributed by atoms with E-state index in [1.807, 2.05) is 24.3 Å². The topological polar surface area (TPSA) is 64.6 Å². The fourth-order valence-corrected chi connectivity index (χ4v) is 6.01. The molecule has 6 heteroatoms. The Bertz CT molecular complexity index is 1080. The molecule has 36 heavy (non-hydrogen) atoms. The number of benzene rings is 2. The van der Waals surface area contributed by atoms with E-state index >= 15 is 0 Å². The Labute approximate surface area is 219 Å². The van der Waals surface area contributed by atoms with Gasteiger partial charge in [-0.05, 0) is 66.0 Å². The smallest absolute Gasteiger partial charge is 0.408 e. The van der Waals surface area contributed by atoms with Gasteiger partial charge in [0.25, 0.3) is 0 Å². The molecule has 2 atom stereocenters. The largest absolute Gasteiger partial charge is 0.467 e. The molecule has 0 saturated heterocycles. The number of hydrogen-bond donors (Lipinski definition) is 1. The van der Waals surface area contributed by atoms with Gasteiger partial charge in [0.1, 0.15) is 12.1 Å². The average Bonchev–Trinajstić information content (AvgIpc) is 3.35. The number of alkyl carbamates (subject to hydrolysis) is 1. The van der Waals surface area contributed by atoms with Crippen LogP contribution in [-0.2, 0) is 32.5 Å². The molecule has 1 fully saturated rings. The highest BCUT2D eigenvalue weighted by molar-refractivity contribution is 6.30. The van der Waals surface area contributed by atoms with Gasteiger partial charge in [0.2, 0.25) is 0 Å². The lowest BCUT2D eigenvalue weighted by molar-refractivity contribution is -0.143. The molecule has 0 heterocycles. The van der Waals surface area contributed by atoms with Gasteiger partial charge >= 0.3 is 12.1 Å². The van der Waals surface area contributed by atoms with Crippen LogP contribution in [-0.4, -0.2) is 25.2 Å². The van der Waals surface area contributed by atoms with Gasteiger partial charge in [-0.1, -0.05) is 87.9 Å². The summed E-state index contributed by atoms with van der Waals surface area (Å²) >= 11 is 6.32. The number of hydrogen-bond acceptors (Lipinski definition) is 4. The first-order chi connectivity index (χ1) is 17.3. The minimum absolute atomic E-state index is 0.401. The molecule has 2 unspecified atom stereocenters. The van der Waals surface area contributed by atoms with Crippen LogP contribution in [0.2, 0.25) is 5.02 Å². The summed E-state index contributed by atoms with van der Waals surface area (Å²) in [5.74, 6) is -0.0285. The standard InChI is InChI=1S/C30H38ClNO4/c1-30(2,24-13-8-14-25(31)19-24)27(23-16-15-21-11-7-12-22(21)18-23)36-29(34)32-26(28(33)35-3)17-20-9-5-4-6-10-20/h8,13-16,18-20,26-27H,4-7,9-12,17H2,1-3H3,(H,32,34). The number of rotatable bonds is 8. The number of amides is 1. The van der Waals surface area contributed by atoms with E-state index in [-0.39, 0.29) is 0 Å². The van der Waals surface area contributed by atoms with Crippen molar-refractivity contribution < 1.29 is 19.1 Å². The maximum Gasteiger partial charge on any atom is 0.408 e. The Morgan fingerprint density at radius 3 is 2.50 bits per heavy atom. The quantitative estimate of drug-likeness (QED) is 0.384. The number of aryl methyl sites for hydroxylation is 2. The summed E-state index contributed by atoms with van der Waals surface area (Å²) < 4.78 is 11.2. The zero-order chi connectivity index (χ0) is 25.7. The first kappa shape index (κ1) is 26.5. The predicted molar refractivity (Wildman–Crippen MR) is 142 cm³/mol. The van der Waals surface area contributed by atoms with Crippen LogP contribution < -0.4 is 5.32 Å². The summed E-state index contributed by atoms with van der Waals surface area (Å²) in [5.41, 5.74) is 4.02. The van der Waals surface area contributed by atoms with E-state index < -0.39 is 29.6 Å². The van der Waals surface area contributed by atoms with Gasteiger partial charge in [-0.15, -0.1) is 0 Å². The molecule has 1 N–H and O–H groups in total. The third-order valence-electron chi connectivity index (χ3n) is 7.95. The van der Waals surface area contributed by atoms with Crippen molar-refractivity contribution in [3.8, 4) is 0 Å². The third kappa shape index (κ3) is 6.23. The summed E-state index contributed by atoms with van der Waals surface area (Å²) in [4.78, 5) is 25.9. The normalized spacial score (nSPS) is 17.7. The molecule has 0 aromatic heterocycles. The Balaban J connectivity index is 1.59. The van der Waals surface area contributed by atoms with Gasteiger partial charge in [0.15, 0.2) is 0 Å². The van der Waals surface area contributed by atoms with Crippen LogP contribution in [0.1, 0.15) is 87.2 Å². The van der Waals surface area contributed by atoms with Crippen molar-refractivity contribution in [2.75, 3.05) is 7.11 Å². The molecule has 2 aliphatic carbocycles. The molecular weight excluding hydrogens is 474 g/mol. The molecular formula is C30H38ClNO4. The van der Waals surface area contributed by atoms with Gasteiger partial charge in [0.05, 0.1) is 7.11 Å². The van der Waals surface area contributed by atoms with E-state index in [1.165, 1.54) is 24.7 Å². The lowest BCUT2D eigenvalue weighted by Gasteiger charge is -2.35. The van der Waals surface area contributed by atoms with Gasteiger partial charge < -0.3 is 14.8 Å². The van der Waals surface area contributed by atoms with E-state index in [4.69, 9.17) is 21.1 Å². The van der Waals surface area contributed by atoms with Crippen LogP contribution in [0.25, 0.3) is 0 Å². The molecule has 0 spiro atoms. The number of nitrogens with one attached hydrogen (secondary N) is 1. The average molecular weight is 512 g/mol. The number of fused-ring (bicyclic) bond motifs is 1. The Morgan fingerprint density at radius 2 is 1.78 bits per heavy atom. The second-order valence-electron chi connectivity index (χ2n) is 10.9. The molecule has 0 radical (unpaired) electrons. The van der Waals surface area contributed by atoms with Crippen LogP contribution in [0, 0.1) is 5.92 Å². The summed E-state index contributed by atoms with van der Waals surface area (Å²) in [7, 11) is 1.36. The Hall–Kier alpha value is -2.53. The fraction of sp³-hybridized carbons (Fsp3) is 0.533. The molecule has 4 rings (SSSR count). The lowest BCUT2D eigenvalue weighted by Crippen LogP contribution is -2.44. The van der Waals surface area contributed by atoms with Crippen molar-refractivity contribution in [2.24, 2.45) is 5.92 Å². The minimum Gasteiger partial charge on any atom is -0.467 e. The SMILES string of the molecule is COC(=O)C(CC1CCCCC1)NC(=O)OC(c1ccc2c(c1)CCC2)C(C)(C)c1cccc(Cl)c1. The molecule has 1 amide bonds. The van der Waals surface area contributed by atoms with Gasteiger partial charge in [-0.3, -0.25) is 0 Å². The zero-order valence-electron chi connectivity index (χ0n) is 21.6. The van der Waals surface area contributed by atoms with Crippen molar-refractivity contribution in [3.05, 3.63) is 69.7 Å². The zero-order valence-corrected chi connectivity index (χ0v) is 22.4. The summed E-state index contributed by atoms with van der Waals surface area (Å²) in [6.45, 7) is 4.12. The van der Waals surface area contributed by atoms with E-state index in [2.05, 4.69) is 37.4 Å². The van der Waals surface area contributed by atoms with Crippen molar-refractivity contribution in [1.82, 2.24) is 5.32 Å². The summed E-state index contributed by atoms with van der Waals surface area (Å²) in [6, 6.07) is 13.3. The second-order valence-corrected chi connectivity index (χ2v) is 11.3. The van der Waals surface area contributed by atoms with Crippen LogP contribution in [0.4, 0.5) is 4.79 Å². The number of carbonyl (C=O) groups excluding carboxylic acids is 2. The van der Waals surface area contributed by atoms with Crippen LogP contribution >= 0.6 is 11.6 Å². The Morgan fingerprint density at radius 1 is 1.03 bits per heavy atom. The number of methoxy groups -OCH3 is 1. The van der Waals surface area contributed by atoms with Crippen molar-refractivity contribution >= 4 is 23.7 Å². The number of halogens is 1. The highest BCUT2D eigenvalue weighted by atomic mass is 35.5. The van der Waals surface area contributed by atoms with E-state index in [0.717, 1.165) is 56.1 Å². The van der Waals surface area contributed by atoms with Gasteiger partial charge in [0, 0.05) is 10.4 Å². The van der Waals surface area contributed by atoms with Crippen molar-refractivity contribution in [3.63, 3.8) is 0 Å². The Kier molecular flexibility index (Phi) is 8.61. The van der Waals surface area contributed by atoms with Crippen LogP contribution in [0.5, 0.6) is 0 Å². The van der Waals surface area contributed by atoms with E-state index in [0.29, 0.717) is 17.4 Å². The second kappa shape index (κ2) is 11.7. The predicted octanol–water partition coefficient (Wildman–Crippen LogP) is 7.09. The molecule has 2 aromatic carbocycles. The van der Waals surface area contributed by atoms with Crippen LogP contribution in [0.15, 0.2) is 42.5 Å². The maximum absolute atomic E-state index is 13.3. The number of carbonyl (C=O) groups is 2. The summed E-state index contributed by atoms with van der Waals surface area (Å²) in [5, 5.41) is 3.48. The van der Waals surface area contributed by atoms with E-state index in [1.54, 1.807) is 0 Å². The molecule has 194 valence electrons. The van der Waals surface area contributed by atoms with Gasteiger partial charge in [-0.25, -0.2) is 9.59 Å². The monoisotopic (exact) mass is 511 g/mol. The molecule has 0 bridgehead atoms. The lowest BCUT2D eigenvalue weighted by atomic mass is 9.76. The van der Waals surface area contributed by atoms with E-state index in [9.17, 15) is 9.59 Å². The molecule has 5 nitrogen and oxygen atoms in total. The first-order valence-electron chi connectivity index (χ1n) is 13.2. The highest BCUT2D eigenvalue weighted by Gasteiger charge is 2.37. The molecule has 2 aliphatic rings. The summed E-state index contributed by atoms with van der Waals surface area (Å²) in [6.07, 6.45) is 8.36. The number of ether oxygens (including phenoxy) is 2. The van der Waals surface area contributed by atoms with Crippen molar-refractivity contribution in [1.29, 1.82) is 0 Å². The first-order valence-corrected chi connectivity index (χ1v) is 13.6. The maximum atomic E-state index is 13.3. The van der Waals surface area contributed by atoms with Gasteiger partial charge in [-0.2, -0.15) is 0 Å². The highest BCUT2D eigenvalue weighted by Crippen LogP contribution is 2.41. The molecule has 2 aromatic rings. The molecule has 1 saturated carbocycles. The minimum atomic E-state index is -0.722. The molecule has 0 aliphatic heterocycles.